The Balaban J connectivity index is 0.000000704. The van der Waals surface area contributed by atoms with Gasteiger partial charge < -0.3 is 4.90 Å². The average molecular weight is 274 g/mol. The molecule has 2 fully saturated rings. The Morgan fingerprint density at radius 3 is 1.90 bits per heavy atom. The predicted octanol–water partition coefficient (Wildman–Crippen LogP) is 4.12. The van der Waals surface area contributed by atoms with Crippen LogP contribution in [0.3, 0.4) is 0 Å². The van der Waals surface area contributed by atoms with Crippen LogP contribution in [0, 0.1) is 0 Å². The van der Waals surface area contributed by atoms with Gasteiger partial charge in [0.25, 0.3) is 0 Å². The summed E-state index contributed by atoms with van der Waals surface area (Å²) in [6.45, 7) is 13.4. The van der Waals surface area contributed by atoms with Crippen LogP contribution in [0.2, 0.25) is 0 Å². The normalized spacial score (nSPS) is 19.8. The Labute approximate surface area is 124 Å². The van der Waals surface area contributed by atoms with Gasteiger partial charge in [-0.05, 0) is 36.5 Å². The number of piperazine rings is 1. The average Bonchev–Trinajstić information content (AvgIpc) is 3.34. The zero-order chi connectivity index (χ0) is 14.5. The monoisotopic (exact) mass is 274 g/mol. The Morgan fingerprint density at radius 2 is 1.45 bits per heavy atom. The van der Waals surface area contributed by atoms with E-state index in [1.165, 1.54) is 50.3 Å². The van der Waals surface area contributed by atoms with Crippen LogP contribution in [0.5, 0.6) is 0 Å². The number of hydrogen-bond donors (Lipinski definition) is 0. The minimum atomic E-state index is 0.630. The molecule has 1 aromatic carbocycles. The first kappa shape index (κ1) is 15.4. The molecule has 2 aliphatic rings. The van der Waals surface area contributed by atoms with Crippen LogP contribution >= 0.6 is 0 Å². The van der Waals surface area contributed by atoms with E-state index in [0.29, 0.717) is 5.92 Å². The summed E-state index contributed by atoms with van der Waals surface area (Å²) in [4.78, 5) is 5.20. The summed E-state index contributed by atoms with van der Waals surface area (Å²) in [5.74, 6) is 0.630. The summed E-state index contributed by atoms with van der Waals surface area (Å²) in [6.07, 6.45) is 2.87. The quantitative estimate of drug-likeness (QED) is 0.818. The Morgan fingerprint density at radius 1 is 0.900 bits per heavy atom. The molecule has 2 nitrogen and oxygen atoms in total. The van der Waals surface area contributed by atoms with Gasteiger partial charge in [-0.1, -0.05) is 39.8 Å². The van der Waals surface area contributed by atoms with Crippen molar-refractivity contribution in [1.82, 2.24) is 4.90 Å². The van der Waals surface area contributed by atoms with Crippen molar-refractivity contribution >= 4 is 5.69 Å². The molecule has 0 radical (unpaired) electrons. The molecule has 0 unspecified atom stereocenters. The maximum atomic E-state index is 2.67. The van der Waals surface area contributed by atoms with Crippen LogP contribution in [-0.4, -0.2) is 37.1 Å². The van der Waals surface area contributed by atoms with Gasteiger partial charge in [0, 0.05) is 37.9 Å². The standard InChI is InChI=1S/C16H24N2.C2H6/c1-13(2)14-3-5-15(6-4-14)17-9-11-18(12-10-17)16-7-8-16;1-2/h3-6,13,16H,7-12H2,1-2H3;1-2H3. The fourth-order valence-electron chi connectivity index (χ4n) is 2.85. The fourth-order valence-corrected chi connectivity index (χ4v) is 2.85. The topological polar surface area (TPSA) is 6.48 Å². The van der Waals surface area contributed by atoms with Crippen molar-refractivity contribution in [2.45, 2.75) is 52.5 Å². The van der Waals surface area contributed by atoms with Gasteiger partial charge in [-0.3, -0.25) is 4.90 Å². The molecule has 0 amide bonds. The molecule has 3 rings (SSSR count). The van der Waals surface area contributed by atoms with Crippen LogP contribution in [0.25, 0.3) is 0 Å². The first-order chi connectivity index (χ1) is 9.74. The Bertz CT molecular complexity index is 384. The second kappa shape index (κ2) is 7.12. The maximum absolute atomic E-state index is 2.67. The molecule has 0 aromatic heterocycles. The highest BCUT2D eigenvalue weighted by molar-refractivity contribution is 5.48. The van der Waals surface area contributed by atoms with E-state index in [1.807, 2.05) is 13.8 Å². The van der Waals surface area contributed by atoms with E-state index >= 15 is 0 Å². The molecule has 0 atom stereocenters. The molecular weight excluding hydrogens is 244 g/mol. The van der Waals surface area contributed by atoms with Crippen molar-refractivity contribution in [2.75, 3.05) is 31.1 Å². The third-order valence-corrected chi connectivity index (χ3v) is 4.30. The van der Waals surface area contributed by atoms with Gasteiger partial charge >= 0.3 is 0 Å². The summed E-state index contributed by atoms with van der Waals surface area (Å²) in [5.41, 5.74) is 2.84. The second-order valence-electron chi connectivity index (χ2n) is 6.00. The number of nitrogens with zero attached hydrogens (tertiary/aromatic N) is 2. The predicted molar refractivity (Wildman–Crippen MR) is 88.7 cm³/mol. The van der Waals surface area contributed by atoms with Crippen molar-refractivity contribution < 1.29 is 0 Å². The summed E-state index contributed by atoms with van der Waals surface area (Å²) in [6, 6.07) is 10.1. The van der Waals surface area contributed by atoms with Crippen LogP contribution < -0.4 is 4.90 Å². The number of benzene rings is 1. The maximum Gasteiger partial charge on any atom is 0.0367 e. The molecule has 20 heavy (non-hydrogen) atoms. The van der Waals surface area contributed by atoms with E-state index in [4.69, 9.17) is 0 Å². The van der Waals surface area contributed by atoms with Crippen LogP contribution in [-0.2, 0) is 0 Å². The summed E-state index contributed by atoms with van der Waals surface area (Å²) < 4.78 is 0. The van der Waals surface area contributed by atoms with E-state index in [2.05, 4.69) is 47.9 Å². The largest absolute Gasteiger partial charge is 0.369 e. The molecule has 0 spiro atoms. The molecule has 1 aromatic rings. The third-order valence-electron chi connectivity index (χ3n) is 4.30. The van der Waals surface area contributed by atoms with Gasteiger partial charge in [-0.25, -0.2) is 0 Å². The van der Waals surface area contributed by atoms with E-state index in [1.54, 1.807) is 0 Å². The van der Waals surface area contributed by atoms with Gasteiger partial charge in [0.2, 0.25) is 0 Å². The summed E-state index contributed by atoms with van der Waals surface area (Å²) >= 11 is 0. The lowest BCUT2D eigenvalue weighted by molar-refractivity contribution is 0.248. The van der Waals surface area contributed by atoms with Gasteiger partial charge in [0.1, 0.15) is 0 Å². The minimum Gasteiger partial charge on any atom is -0.369 e. The second-order valence-corrected chi connectivity index (χ2v) is 6.00. The molecule has 1 aliphatic heterocycles. The van der Waals surface area contributed by atoms with E-state index in [-0.39, 0.29) is 0 Å². The van der Waals surface area contributed by atoms with E-state index in [9.17, 15) is 0 Å². The Hall–Kier alpha value is -1.02. The van der Waals surface area contributed by atoms with Crippen molar-refractivity contribution in [3.63, 3.8) is 0 Å². The molecule has 1 heterocycles. The minimum absolute atomic E-state index is 0.630. The number of rotatable bonds is 3. The molecule has 1 saturated heterocycles. The number of anilines is 1. The molecule has 0 N–H and O–H groups in total. The van der Waals surface area contributed by atoms with E-state index in [0.717, 1.165) is 6.04 Å². The summed E-state index contributed by atoms with van der Waals surface area (Å²) in [5, 5.41) is 0. The molecule has 2 heteroatoms. The Kier molecular flexibility index (Phi) is 5.47. The van der Waals surface area contributed by atoms with Gasteiger partial charge in [0.15, 0.2) is 0 Å². The smallest absolute Gasteiger partial charge is 0.0367 e. The van der Waals surface area contributed by atoms with Crippen molar-refractivity contribution in [2.24, 2.45) is 0 Å². The molecule has 0 bridgehead atoms. The zero-order valence-corrected chi connectivity index (χ0v) is 13.6. The molecule has 112 valence electrons. The lowest BCUT2D eigenvalue weighted by Gasteiger charge is -2.36. The fraction of sp³-hybridized carbons (Fsp3) is 0.667. The summed E-state index contributed by atoms with van der Waals surface area (Å²) in [7, 11) is 0. The lowest BCUT2D eigenvalue weighted by atomic mass is 10.0. The first-order valence-electron chi connectivity index (χ1n) is 8.33. The SMILES string of the molecule is CC.CC(C)c1ccc(N2CCN(C3CC3)CC2)cc1. The highest BCUT2D eigenvalue weighted by atomic mass is 15.3. The lowest BCUT2D eigenvalue weighted by Crippen LogP contribution is -2.47. The van der Waals surface area contributed by atoms with E-state index < -0.39 is 0 Å². The molecular formula is C18H30N2. The van der Waals surface area contributed by atoms with Crippen molar-refractivity contribution in [1.29, 1.82) is 0 Å². The van der Waals surface area contributed by atoms with Gasteiger partial charge in [0.05, 0.1) is 0 Å². The molecule has 1 saturated carbocycles. The van der Waals surface area contributed by atoms with Gasteiger partial charge in [-0.15, -0.1) is 0 Å². The van der Waals surface area contributed by atoms with Crippen molar-refractivity contribution in [3.05, 3.63) is 29.8 Å². The van der Waals surface area contributed by atoms with Crippen LogP contribution in [0.4, 0.5) is 5.69 Å². The van der Waals surface area contributed by atoms with Crippen molar-refractivity contribution in [3.8, 4) is 0 Å². The third kappa shape index (κ3) is 3.76. The van der Waals surface area contributed by atoms with Crippen LogP contribution in [0.15, 0.2) is 24.3 Å². The first-order valence-corrected chi connectivity index (χ1v) is 8.33. The van der Waals surface area contributed by atoms with Crippen LogP contribution in [0.1, 0.15) is 52.0 Å². The number of hydrogen-bond acceptors (Lipinski definition) is 2. The zero-order valence-electron chi connectivity index (χ0n) is 13.6. The highest BCUT2D eigenvalue weighted by Crippen LogP contribution is 2.28. The highest BCUT2D eigenvalue weighted by Gasteiger charge is 2.31. The van der Waals surface area contributed by atoms with Gasteiger partial charge in [-0.2, -0.15) is 0 Å². The molecule has 1 aliphatic carbocycles.